The third-order valence-corrected chi connectivity index (χ3v) is 3.74. The number of aromatic nitrogens is 3. The highest BCUT2D eigenvalue weighted by atomic mass is 16.4. The molecule has 1 atom stereocenters. The lowest BCUT2D eigenvalue weighted by Crippen LogP contribution is -2.20. The number of nitrogens with one attached hydrogen (secondary N) is 1. The number of aromatic carboxylic acids is 1. The fraction of sp³-hybridized carbons (Fsp3) is 0.533. The zero-order valence-electron chi connectivity index (χ0n) is 13.0. The molecule has 0 radical (unpaired) electrons. The maximum Gasteiger partial charge on any atom is 0.339 e. The van der Waals surface area contributed by atoms with E-state index in [-0.39, 0.29) is 11.6 Å². The molecule has 0 aliphatic heterocycles. The van der Waals surface area contributed by atoms with Gasteiger partial charge in [0.15, 0.2) is 5.65 Å². The monoisotopic (exact) mass is 290 g/mol. The molecule has 0 aliphatic carbocycles. The Hall–Kier alpha value is -2.11. The number of fused-ring (bicyclic) bond motifs is 1. The van der Waals surface area contributed by atoms with Gasteiger partial charge in [0, 0.05) is 19.3 Å². The van der Waals surface area contributed by atoms with Gasteiger partial charge in [-0.1, -0.05) is 20.3 Å². The predicted molar refractivity (Wildman–Crippen MR) is 82.8 cm³/mol. The van der Waals surface area contributed by atoms with Crippen molar-refractivity contribution >= 4 is 22.7 Å². The minimum absolute atomic E-state index is 0.202. The molecular weight excluding hydrogens is 268 g/mol. The minimum atomic E-state index is -0.971. The van der Waals surface area contributed by atoms with E-state index in [4.69, 9.17) is 0 Å². The molecule has 2 heterocycles. The number of hydrogen-bond donors (Lipinski definition) is 2. The molecule has 6 nitrogen and oxygen atoms in total. The summed E-state index contributed by atoms with van der Waals surface area (Å²) in [6.45, 7) is 6.10. The van der Waals surface area contributed by atoms with Gasteiger partial charge < -0.3 is 10.4 Å². The Bertz CT molecular complexity index is 663. The molecule has 2 rings (SSSR count). The topological polar surface area (TPSA) is 80.0 Å². The molecule has 0 fully saturated rings. The summed E-state index contributed by atoms with van der Waals surface area (Å²) in [6.07, 6.45) is 4.40. The highest BCUT2D eigenvalue weighted by Gasteiger charge is 2.20. The number of carbonyl (C=O) groups is 1. The highest BCUT2D eigenvalue weighted by Crippen LogP contribution is 2.30. The molecule has 0 saturated heterocycles. The van der Waals surface area contributed by atoms with Crippen molar-refractivity contribution in [2.75, 3.05) is 5.32 Å². The van der Waals surface area contributed by atoms with Crippen LogP contribution in [0.4, 0.5) is 5.69 Å². The van der Waals surface area contributed by atoms with Crippen LogP contribution in [-0.4, -0.2) is 31.9 Å². The lowest BCUT2D eigenvalue weighted by atomic mass is 10.1. The van der Waals surface area contributed by atoms with E-state index in [1.165, 1.54) is 6.20 Å². The molecule has 6 heteroatoms. The van der Waals surface area contributed by atoms with Crippen molar-refractivity contribution < 1.29 is 9.90 Å². The van der Waals surface area contributed by atoms with E-state index in [1.54, 1.807) is 4.68 Å². The fourth-order valence-electron chi connectivity index (χ4n) is 2.65. The van der Waals surface area contributed by atoms with E-state index in [2.05, 4.69) is 29.2 Å². The summed E-state index contributed by atoms with van der Waals surface area (Å²) in [4.78, 5) is 15.7. The molecule has 0 amide bonds. The molecule has 0 bridgehead atoms. The smallest absolute Gasteiger partial charge is 0.339 e. The largest absolute Gasteiger partial charge is 0.478 e. The zero-order chi connectivity index (χ0) is 15.6. The van der Waals surface area contributed by atoms with Gasteiger partial charge in [0.25, 0.3) is 0 Å². The van der Waals surface area contributed by atoms with Gasteiger partial charge in [0.1, 0.15) is 5.56 Å². The van der Waals surface area contributed by atoms with Gasteiger partial charge in [0.2, 0.25) is 0 Å². The third-order valence-electron chi connectivity index (χ3n) is 3.74. The number of hydrogen-bond acceptors (Lipinski definition) is 4. The number of carboxylic acid groups (broad SMARTS) is 1. The first-order chi connectivity index (χ1) is 9.99. The van der Waals surface area contributed by atoms with Crippen LogP contribution in [0.3, 0.4) is 0 Å². The van der Waals surface area contributed by atoms with E-state index in [0.29, 0.717) is 11.3 Å². The first-order valence-corrected chi connectivity index (χ1v) is 7.31. The summed E-state index contributed by atoms with van der Waals surface area (Å²) in [5.74, 6) is -0.971. The Kier molecular flexibility index (Phi) is 4.45. The van der Waals surface area contributed by atoms with Crippen LogP contribution in [0.15, 0.2) is 6.20 Å². The van der Waals surface area contributed by atoms with E-state index in [9.17, 15) is 9.90 Å². The van der Waals surface area contributed by atoms with Crippen molar-refractivity contribution in [1.82, 2.24) is 14.8 Å². The Morgan fingerprint density at radius 3 is 2.76 bits per heavy atom. The Labute approximate surface area is 124 Å². The summed E-state index contributed by atoms with van der Waals surface area (Å²) in [6, 6.07) is 0.248. The summed E-state index contributed by atoms with van der Waals surface area (Å²) in [7, 11) is 1.82. The average molecular weight is 290 g/mol. The van der Waals surface area contributed by atoms with Gasteiger partial charge >= 0.3 is 5.97 Å². The Balaban J connectivity index is 2.61. The van der Waals surface area contributed by atoms with Crippen molar-refractivity contribution in [3.63, 3.8) is 0 Å². The van der Waals surface area contributed by atoms with Crippen LogP contribution in [-0.2, 0) is 7.05 Å². The number of nitrogens with zero attached hydrogens (tertiary/aromatic N) is 3. The minimum Gasteiger partial charge on any atom is -0.478 e. The summed E-state index contributed by atoms with van der Waals surface area (Å²) in [5.41, 5.74) is 2.33. The van der Waals surface area contributed by atoms with E-state index < -0.39 is 5.97 Å². The van der Waals surface area contributed by atoms with Crippen LogP contribution in [0.5, 0.6) is 0 Å². The number of pyridine rings is 1. The SMILES string of the molecule is CCCC(CC)Nc1c(C(=O)O)cnc2c1c(C)nn2C. The summed E-state index contributed by atoms with van der Waals surface area (Å²) < 4.78 is 1.68. The van der Waals surface area contributed by atoms with Gasteiger partial charge in [-0.25, -0.2) is 9.78 Å². The maximum absolute atomic E-state index is 11.5. The molecule has 2 aromatic heterocycles. The molecule has 0 aliphatic rings. The van der Waals surface area contributed by atoms with Crippen molar-refractivity contribution in [2.24, 2.45) is 7.05 Å². The van der Waals surface area contributed by atoms with Crippen LogP contribution >= 0.6 is 0 Å². The molecule has 2 aromatic rings. The molecule has 2 N–H and O–H groups in total. The molecule has 1 unspecified atom stereocenters. The number of aryl methyl sites for hydroxylation is 2. The third kappa shape index (κ3) is 2.84. The lowest BCUT2D eigenvalue weighted by molar-refractivity contribution is 0.0697. The molecule has 0 aromatic carbocycles. The molecule has 21 heavy (non-hydrogen) atoms. The number of rotatable bonds is 6. The van der Waals surface area contributed by atoms with Crippen LogP contribution in [0, 0.1) is 6.92 Å². The van der Waals surface area contributed by atoms with Crippen LogP contribution in [0.25, 0.3) is 11.0 Å². The van der Waals surface area contributed by atoms with Gasteiger partial charge in [-0.05, 0) is 19.8 Å². The second kappa shape index (κ2) is 6.11. The normalized spacial score (nSPS) is 12.6. The summed E-state index contributed by atoms with van der Waals surface area (Å²) >= 11 is 0. The second-order valence-electron chi connectivity index (χ2n) is 5.30. The molecular formula is C15H22N4O2. The highest BCUT2D eigenvalue weighted by molar-refractivity contribution is 6.04. The quantitative estimate of drug-likeness (QED) is 0.855. The first kappa shape index (κ1) is 15.3. The number of anilines is 1. The first-order valence-electron chi connectivity index (χ1n) is 7.31. The van der Waals surface area contributed by atoms with Gasteiger partial charge in [0.05, 0.1) is 16.8 Å². The Morgan fingerprint density at radius 2 is 2.19 bits per heavy atom. The maximum atomic E-state index is 11.5. The van der Waals surface area contributed by atoms with Crippen LogP contribution < -0.4 is 5.32 Å². The van der Waals surface area contributed by atoms with Crippen molar-refractivity contribution in [1.29, 1.82) is 0 Å². The molecule has 0 spiro atoms. The molecule has 0 saturated carbocycles. The Morgan fingerprint density at radius 1 is 1.48 bits per heavy atom. The fourth-order valence-corrected chi connectivity index (χ4v) is 2.65. The second-order valence-corrected chi connectivity index (χ2v) is 5.30. The average Bonchev–Trinajstić information content (AvgIpc) is 2.73. The predicted octanol–water partition coefficient (Wildman–Crippen LogP) is 2.97. The van der Waals surface area contributed by atoms with Gasteiger partial charge in [-0.15, -0.1) is 0 Å². The van der Waals surface area contributed by atoms with E-state index in [0.717, 1.165) is 30.3 Å². The van der Waals surface area contributed by atoms with Crippen molar-refractivity contribution in [3.8, 4) is 0 Å². The van der Waals surface area contributed by atoms with Crippen LogP contribution in [0.1, 0.15) is 49.2 Å². The van der Waals surface area contributed by atoms with Gasteiger partial charge in [-0.2, -0.15) is 5.10 Å². The zero-order valence-corrected chi connectivity index (χ0v) is 13.0. The standard InChI is InChI=1S/C15H22N4O2/c1-5-7-10(6-2)17-13-11(15(20)21)8-16-14-12(13)9(3)18-19(14)4/h8,10H,5-7H2,1-4H3,(H,16,17)(H,20,21). The molecule has 114 valence electrons. The summed E-state index contributed by atoms with van der Waals surface area (Å²) in [5, 5.41) is 18.0. The van der Waals surface area contributed by atoms with Gasteiger partial charge in [-0.3, -0.25) is 4.68 Å². The van der Waals surface area contributed by atoms with Crippen molar-refractivity contribution in [2.45, 2.75) is 46.1 Å². The van der Waals surface area contributed by atoms with E-state index in [1.807, 2.05) is 14.0 Å². The number of carboxylic acids is 1. The van der Waals surface area contributed by atoms with E-state index >= 15 is 0 Å². The van der Waals surface area contributed by atoms with Crippen molar-refractivity contribution in [3.05, 3.63) is 17.5 Å². The van der Waals surface area contributed by atoms with Crippen LogP contribution in [0.2, 0.25) is 0 Å². The lowest BCUT2D eigenvalue weighted by Gasteiger charge is -2.19.